The van der Waals surface area contributed by atoms with Crippen LogP contribution in [0, 0.1) is 0 Å². The minimum Gasteiger partial charge on any atom is -0.461 e. The van der Waals surface area contributed by atoms with E-state index in [1.54, 1.807) is 0 Å². The lowest BCUT2D eigenvalue weighted by Gasteiger charge is -2.04. The molecule has 0 bridgehead atoms. The van der Waals surface area contributed by atoms with Crippen LogP contribution < -0.4 is 5.73 Å². The SMILES string of the molecule is CCc1oc2ccccc2c1[C@H](C)N. The lowest BCUT2D eigenvalue weighted by atomic mass is 10.0. The highest BCUT2D eigenvalue weighted by Gasteiger charge is 2.14. The van der Waals surface area contributed by atoms with Crippen molar-refractivity contribution in [3.05, 3.63) is 35.6 Å². The predicted octanol–water partition coefficient (Wildman–Crippen LogP) is 3.01. The smallest absolute Gasteiger partial charge is 0.134 e. The zero-order chi connectivity index (χ0) is 10.1. The summed E-state index contributed by atoms with van der Waals surface area (Å²) in [6.07, 6.45) is 0.894. The van der Waals surface area contributed by atoms with Crippen LogP contribution in [0.4, 0.5) is 0 Å². The molecule has 2 rings (SSSR count). The second-order valence-electron chi connectivity index (χ2n) is 3.58. The van der Waals surface area contributed by atoms with Crippen molar-refractivity contribution in [1.29, 1.82) is 0 Å². The highest BCUT2D eigenvalue weighted by molar-refractivity contribution is 5.82. The van der Waals surface area contributed by atoms with Crippen LogP contribution in [0.2, 0.25) is 0 Å². The summed E-state index contributed by atoms with van der Waals surface area (Å²) in [7, 11) is 0. The summed E-state index contributed by atoms with van der Waals surface area (Å²) < 4.78 is 5.73. The Labute approximate surface area is 83.7 Å². The number of rotatable bonds is 2. The van der Waals surface area contributed by atoms with E-state index >= 15 is 0 Å². The van der Waals surface area contributed by atoms with E-state index in [2.05, 4.69) is 13.0 Å². The van der Waals surface area contributed by atoms with Gasteiger partial charge in [0.25, 0.3) is 0 Å². The molecule has 0 fully saturated rings. The molecular formula is C12H15NO. The number of hydrogen-bond donors (Lipinski definition) is 1. The molecule has 2 nitrogen and oxygen atoms in total. The fraction of sp³-hybridized carbons (Fsp3) is 0.333. The van der Waals surface area contributed by atoms with Crippen LogP contribution in [0.1, 0.15) is 31.2 Å². The van der Waals surface area contributed by atoms with Crippen LogP contribution in [0.25, 0.3) is 11.0 Å². The predicted molar refractivity (Wildman–Crippen MR) is 58.2 cm³/mol. The van der Waals surface area contributed by atoms with E-state index in [-0.39, 0.29) is 6.04 Å². The Bertz CT molecular complexity index is 443. The molecule has 0 radical (unpaired) electrons. The average Bonchev–Trinajstić information content (AvgIpc) is 2.55. The van der Waals surface area contributed by atoms with Crippen LogP contribution in [-0.2, 0) is 6.42 Å². The van der Waals surface area contributed by atoms with Gasteiger partial charge in [-0.15, -0.1) is 0 Å². The van der Waals surface area contributed by atoms with Gasteiger partial charge in [-0.3, -0.25) is 0 Å². The van der Waals surface area contributed by atoms with Crippen LogP contribution in [0.3, 0.4) is 0 Å². The summed E-state index contributed by atoms with van der Waals surface area (Å²) in [4.78, 5) is 0. The maximum absolute atomic E-state index is 5.94. The van der Waals surface area contributed by atoms with Crippen molar-refractivity contribution in [2.24, 2.45) is 5.73 Å². The standard InChI is InChI=1S/C12H15NO/c1-3-10-12(8(2)13)9-6-4-5-7-11(9)14-10/h4-8H,3,13H2,1-2H3/t8-/m0/s1. The molecule has 1 atom stereocenters. The molecule has 0 aliphatic carbocycles. The molecule has 2 N–H and O–H groups in total. The topological polar surface area (TPSA) is 39.2 Å². The maximum atomic E-state index is 5.94. The van der Waals surface area contributed by atoms with E-state index in [0.717, 1.165) is 28.7 Å². The molecule has 0 saturated heterocycles. The quantitative estimate of drug-likeness (QED) is 0.788. The Kier molecular flexibility index (Phi) is 2.30. The second-order valence-corrected chi connectivity index (χ2v) is 3.58. The third kappa shape index (κ3) is 1.32. The number of para-hydroxylation sites is 1. The number of fused-ring (bicyclic) bond motifs is 1. The number of benzene rings is 1. The van der Waals surface area contributed by atoms with Gasteiger partial charge in [-0.1, -0.05) is 25.1 Å². The number of aryl methyl sites for hydroxylation is 1. The van der Waals surface area contributed by atoms with E-state index in [9.17, 15) is 0 Å². The minimum atomic E-state index is 0.0357. The fourth-order valence-corrected chi connectivity index (χ4v) is 1.88. The molecule has 1 aromatic heterocycles. The van der Waals surface area contributed by atoms with Gasteiger partial charge >= 0.3 is 0 Å². The molecular weight excluding hydrogens is 174 g/mol. The molecule has 0 spiro atoms. The van der Waals surface area contributed by atoms with Crippen LogP contribution in [0.15, 0.2) is 28.7 Å². The van der Waals surface area contributed by atoms with Crippen molar-refractivity contribution < 1.29 is 4.42 Å². The Morgan fingerprint density at radius 2 is 2.07 bits per heavy atom. The fourth-order valence-electron chi connectivity index (χ4n) is 1.88. The zero-order valence-electron chi connectivity index (χ0n) is 8.58. The lowest BCUT2D eigenvalue weighted by molar-refractivity contribution is 0.544. The minimum absolute atomic E-state index is 0.0357. The summed E-state index contributed by atoms with van der Waals surface area (Å²) in [5.74, 6) is 1.02. The highest BCUT2D eigenvalue weighted by Crippen LogP contribution is 2.29. The first-order chi connectivity index (χ1) is 6.74. The highest BCUT2D eigenvalue weighted by atomic mass is 16.3. The van der Waals surface area contributed by atoms with Crippen molar-refractivity contribution in [1.82, 2.24) is 0 Å². The molecule has 2 heteroatoms. The number of nitrogens with two attached hydrogens (primary N) is 1. The van der Waals surface area contributed by atoms with Crippen LogP contribution in [0.5, 0.6) is 0 Å². The molecule has 0 aliphatic rings. The molecule has 1 aromatic carbocycles. The van der Waals surface area contributed by atoms with Gasteiger partial charge in [-0.25, -0.2) is 0 Å². The summed E-state index contributed by atoms with van der Waals surface area (Å²) >= 11 is 0. The van der Waals surface area contributed by atoms with Crippen molar-refractivity contribution in [3.8, 4) is 0 Å². The first-order valence-electron chi connectivity index (χ1n) is 5.00. The molecule has 0 saturated carbocycles. The summed E-state index contributed by atoms with van der Waals surface area (Å²) in [6.45, 7) is 4.08. The molecule has 0 unspecified atom stereocenters. The lowest BCUT2D eigenvalue weighted by Crippen LogP contribution is -2.06. The molecule has 0 amide bonds. The molecule has 2 aromatic rings. The third-order valence-corrected chi connectivity index (χ3v) is 2.49. The Morgan fingerprint density at radius 3 is 2.71 bits per heavy atom. The van der Waals surface area contributed by atoms with E-state index in [4.69, 9.17) is 10.2 Å². The van der Waals surface area contributed by atoms with Crippen molar-refractivity contribution >= 4 is 11.0 Å². The van der Waals surface area contributed by atoms with Gasteiger partial charge in [0, 0.05) is 23.4 Å². The summed E-state index contributed by atoms with van der Waals surface area (Å²) in [5.41, 5.74) is 8.04. The van der Waals surface area contributed by atoms with Crippen molar-refractivity contribution in [3.63, 3.8) is 0 Å². The van der Waals surface area contributed by atoms with E-state index in [0.29, 0.717) is 0 Å². The Balaban J connectivity index is 2.74. The molecule has 1 heterocycles. The van der Waals surface area contributed by atoms with Crippen LogP contribution in [-0.4, -0.2) is 0 Å². The average molecular weight is 189 g/mol. The van der Waals surface area contributed by atoms with E-state index in [1.807, 2.05) is 25.1 Å². The normalized spacial score (nSPS) is 13.4. The number of hydrogen-bond acceptors (Lipinski definition) is 2. The molecule has 74 valence electrons. The largest absolute Gasteiger partial charge is 0.461 e. The van der Waals surface area contributed by atoms with E-state index in [1.165, 1.54) is 0 Å². The van der Waals surface area contributed by atoms with Gasteiger partial charge in [0.2, 0.25) is 0 Å². The van der Waals surface area contributed by atoms with Crippen molar-refractivity contribution in [2.45, 2.75) is 26.3 Å². The van der Waals surface area contributed by atoms with Gasteiger partial charge in [-0.2, -0.15) is 0 Å². The first-order valence-corrected chi connectivity index (χ1v) is 5.00. The monoisotopic (exact) mass is 189 g/mol. The summed E-state index contributed by atoms with van der Waals surface area (Å²) in [6, 6.07) is 8.09. The van der Waals surface area contributed by atoms with Gasteiger partial charge < -0.3 is 10.2 Å². The molecule has 0 aliphatic heterocycles. The Hall–Kier alpha value is -1.28. The van der Waals surface area contributed by atoms with Gasteiger partial charge in [0.05, 0.1) is 0 Å². The third-order valence-electron chi connectivity index (χ3n) is 2.49. The van der Waals surface area contributed by atoms with Crippen molar-refractivity contribution in [2.75, 3.05) is 0 Å². The summed E-state index contributed by atoms with van der Waals surface area (Å²) in [5, 5.41) is 1.15. The van der Waals surface area contributed by atoms with Gasteiger partial charge in [0.15, 0.2) is 0 Å². The molecule has 14 heavy (non-hydrogen) atoms. The number of furan rings is 1. The Morgan fingerprint density at radius 1 is 1.36 bits per heavy atom. The maximum Gasteiger partial charge on any atom is 0.134 e. The second kappa shape index (κ2) is 3.46. The van der Waals surface area contributed by atoms with E-state index < -0.39 is 0 Å². The first kappa shape index (κ1) is 9.28. The van der Waals surface area contributed by atoms with Crippen LogP contribution >= 0.6 is 0 Å². The zero-order valence-corrected chi connectivity index (χ0v) is 8.58. The van der Waals surface area contributed by atoms with Gasteiger partial charge in [0.1, 0.15) is 11.3 Å². The van der Waals surface area contributed by atoms with Gasteiger partial charge in [-0.05, 0) is 13.0 Å².